The van der Waals surface area contributed by atoms with Gasteiger partial charge in [-0.1, -0.05) is 29.3 Å². The maximum Gasteiger partial charge on any atom is 0.410 e. The molecular weight excluding hydrogens is 411 g/mol. The second-order valence-electron chi connectivity index (χ2n) is 7.74. The van der Waals surface area contributed by atoms with Crippen LogP contribution < -0.4 is 4.72 Å². The molecule has 9 heteroatoms. The first-order valence-electron chi connectivity index (χ1n) is 8.85. The number of piperidine rings is 1. The van der Waals surface area contributed by atoms with E-state index < -0.39 is 15.6 Å². The SMILES string of the molecule is CC(C)(C)OC(=O)N1CCCC(CNS(=O)(=O)Cc2c(Cl)cccc2Cl)C1. The fraction of sp³-hybridized carbons (Fsp3) is 0.611. The zero-order chi connectivity index (χ0) is 20.2. The van der Waals surface area contributed by atoms with Crippen molar-refractivity contribution < 1.29 is 17.9 Å². The van der Waals surface area contributed by atoms with E-state index >= 15 is 0 Å². The number of hydrogen-bond acceptors (Lipinski definition) is 4. The number of likely N-dealkylation sites (tertiary alicyclic amines) is 1. The Morgan fingerprint density at radius 3 is 2.52 bits per heavy atom. The maximum atomic E-state index is 12.4. The van der Waals surface area contributed by atoms with Crippen molar-refractivity contribution in [1.82, 2.24) is 9.62 Å². The second-order valence-corrected chi connectivity index (χ2v) is 10.4. The summed E-state index contributed by atoms with van der Waals surface area (Å²) in [5.74, 6) is -0.253. The number of carbonyl (C=O) groups is 1. The van der Waals surface area contributed by atoms with Crippen LogP contribution >= 0.6 is 23.2 Å². The highest BCUT2D eigenvalue weighted by Gasteiger charge is 2.28. The number of amides is 1. The fourth-order valence-electron chi connectivity index (χ4n) is 2.88. The van der Waals surface area contributed by atoms with E-state index in [-0.39, 0.29) is 24.3 Å². The van der Waals surface area contributed by atoms with Crippen molar-refractivity contribution in [2.75, 3.05) is 19.6 Å². The van der Waals surface area contributed by atoms with Gasteiger partial charge in [0.2, 0.25) is 10.0 Å². The molecule has 1 saturated heterocycles. The summed E-state index contributed by atoms with van der Waals surface area (Å²) in [5, 5.41) is 0.642. The number of hydrogen-bond donors (Lipinski definition) is 1. The lowest BCUT2D eigenvalue weighted by molar-refractivity contribution is 0.0169. The molecule has 0 radical (unpaired) electrons. The van der Waals surface area contributed by atoms with Gasteiger partial charge in [-0.15, -0.1) is 0 Å². The molecule has 6 nitrogen and oxygen atoms in total. The first-order chi connectivity index (χ1) is 12.5. The lowest BCUT2D eigenvalue weighted by atomic mass is 9.99. The molecule has 1 fully saturated rings. The van der Waals surface area contributed by atoms with Crippen molar-refractivity contribution in [3.63, 3.8) is 0 Å². The molecule has 2 rings (SSSR count). The number of carbonyl (C=O) groups excluding carboxylic acids is 1. The summed E-state index contributed by atoms with van der Waals surface area (Å²) in [6, 6.07) is 4.89. The van der Waals surface area contributed by atoms with Crippen LogP contribution in [-0.4, -0.2) is 44.6 Å². The van der Waals surface area contributed by atoms with E-state index in [1.54, 1.807) is 23.1 Å². The van der Waals surface area contributed by atoms with Gasteiger partial charge in [0.05, 0.1) is 5.75 Å². The molecule has 0 aliphatic carbocycles. The van der Waals surface area contributed by atoms with E-state index in [2.05, 4.69) is 4.72 Å². The monoisotopic (exact) mass is 436 g/mol. The quantitative estimate of drug-likeness (QED) is 0.754. The standard InChI is InChI=1S/C18H26Cl2N2O4S/c1-18(2,3)26-17(23)22-9-5-6-13(11-22)10-21-27(24,25)12-14-15(19)7-4-8-16(14)20/h4,7-8,13,21H,5-6,9-12H2,1-3H3. The summed E-state index contributed by atoms with van der Waals surface area (Å²) in [5.41, 5.74) is -0.174. The second kappa shape index (κ2) is 8.99. The van der Waals surface area contributed by atoms with E-state index in [1.807, 2.05) is 20.8 Å². The molecule has 1 amide bonds. The van der Waals surface area contributed by atoms with Gasteiger partial charge >= 0.3 is 6.09 Å². The molecular formula is C18H26Cl2N2O4S. The van der Waals surface area contributed by atoms with Crippen LogP contribution in [-0.2, 0) is 20.5 Å². The van der Waals surface area contributed by atoms with Gasteiger partial charge in [0, 0.05) is 35.2 Å². The first-order valence-corrected chi connectivity index (χ1v) is 11.3. The highest BCUT2D eigenvalue weighted by Crippen LogP contribution is 2.26. The Balaban J connectivity index is 1.92. The number of halogens is 2. The average molecular weight is 437 g/mol. The first kappa shape index (κ1) is 22.3. The van der Waals surface area contributed by atoms with Crippen LogP contribution in [0.15, 0.2) is 18.2 Å². The zero-order valence-electron chi connectivity index (χ0n) is 15.8. The Morgan fingerprint density at radius 1 is 1.30 bits per heavy atom. The fourth-order valence-corrected chi connectivity index (χ4v) is 4.85. The summed E-state index contributed by atoms with van der Waals surface area (Å²) < 4.78 is 32.8. The van der Waals surface area contributed by atoms with Gasteiger partial charge in [-0.3, -0.25) is 0 Å². The van der Waals surface area contributed by atoms with Crippen LogP contribution in [0, 0.1) is 5.92 Å². The maximum absolute atomic E-state index is 12.4. The van der Waals surface area contributed by atoms with Gasteiger partial charge in [-0.2, -0.15) is 0 Å². The Bertz CT molecular complexity index is 758. The third-order valence-corrected chi connectivity index (χ3v) is 6.14. The van der Waals surface area contributed by atoms with E-state index in [9.17, 15) is 13.2 Å². The zero-order valence-corrected chi connectivity index (χ0v) is 18.1. The molecule has 27 heavy (non-hydrogen) atoms. The van der Waals surface area contributed by atoms with E-state index in [4.69, 9.17) is 27.9 Å². The Morgan fingerprint density at radius 2 is 1.93 bits per heavy atom. The molecule has 1 aliphatic heterocycles. The van der Waals surface area contributed by atoms with Gasteiger partial charge in [0.15, 0.2) is 0 Å². The van der Waals surface area contributed by atoms with Gasteiger partial charge in [-0.25, -0.2) is 17.9 Å². The van der Waals surface area contributed by atoms with Crippen LogP contribution in [0.4, 0.5) is 4.79 Å². The molecule has 0 saturated carbocycles. The van der Waals surface area contributed by atoms with E-state index in [1.165, 1.54) is 0 Å². The van der Waals surface area contributed by atoms with E-state index in [0.29, 0.717) is 28.7 Å². The number of nitrogens with zero attached hydrogens (tertiary/aromatic N) is 1. The molecule has 1 N–H and O–H groups in total. The Hall–Kier alpha value is -1.02. The highest BCUT2D eigenvalue weighted by molar-refractivity contribution is 7.88. The smallest absolute Gasteiger partial charge is 0.410 e. The molecule has 1 unspecified atom stereocenters. The van der Waals surface area contributed by atoms with Crippen molar-refractivity contribution in [1.29, 1.82) is 0 Å². The third-order valence-electron chi connectivity index (χ3n) is 4.16. The molecule has 1 aromatic carbocycles. The molecule has 0 bridgehead atoms. The van der Waals surface area contributed by atoms with Crippen molar-refractivity contribution in [2.45, 2.75) is 45.0 Å². The topological polar surface area (TPSA) is 75.7 Å². The molecule has 1 heterocycles. The highest BCUT2D eigenvalue weighted by atomic mass is 35.5. The normalized spacial score (nSPS) is 18.4. The van der Waals surface area contributed by atoms with Gasteiger partial charge in [0.1, 0.15) is 5.60 Å². The van der Waals surface area contributed by atoms with Crippen molar-refractivity contribution in [2.24, 2.45) is 5.92 Å². The number of rotatable bonds is 5. The van der Waals surface area contributed by atoms with Crippen molar-refractivity contribution in [3.05, 3.63) is 33.8 Å². The van der Waals surface area contributed by atoms with Crippen LogP contribution in [0.3, 0.4) is 0 Å². The lowest BCUT2D eigenvalue weighted by Crippen LogP contribution is -2.45. The predicted octanol–water partition coefficient (Wildman–Crippen LogP) is 4.06. The molecule has 0 spiro atoms. The van der Waals surface area contributed by atoms with Crippen molar-refractivity contribution in [3.8, 4) is 0 Å². The van der Waals surface area contributed by atoms with Crippen molar-refractivity contribution >= 4 is 39.3 Å². The van der Waals surface area contributed by atoms with Crippen LogP contribution in [0.1, 0.15) is 39.2 Å². The van der Waals surface area contributed by atoms with Crippen LogP contribution in [0.2, 0.25) is 10.0 Å². The Labute approximate surface area is 171 Å². The third kappa shape index (κ3) is 7.14. The summed E-state index contributed by atoms with van der Waals surface area (Å²) in [6.45, 7) is 6.79. The van der Waals surface area contributed by atoms with Crippen LogP contribution in [0.25, 0.3) is 0 Å². The molecule has 1 aliphatic rings. The average Bonchev–Trinajstić information content (AvgIpc) is 2.55. The number of ether oxygens (including phenoxy) is 1. The largest absolute Gasteiger partial charge is 0.444 e. The van der Waals surface area contributed by atoms with Gasteiger partial charge < -0.3 is 9.64 Å². The summed E-state index contributed by atoms with van der Waals surface area (Å²) in [7, 11) is -3.60. The number of benzene rings is 1. The molecule has 1 aromatic rings. The lowest BCUT2D eigenvalue weighted by Gasteiger charge is -2.34. The minimum Gasteiger partial charge on any atom is -0.444 e. The minimum absolute atomic E-state index is 0.0303. The van der Waals surface area contributed by atoms with E-state index in [0.717, 1.165) is 12.8 Å². The van der Waals surface area contributed by atoms with Gasteiger partial charge in [0.25, 0.3) is 0 Å². The predicted molar refractivity (Wildman–Crippen MR) is 108 cm³/mol. The Kier molecular flexibility index (Phi) is 7.41. The van der Waals surface area contributed by atoms with Gasteiger partial charge in [-0.05, 0) is 51.7 Å². The summed E-state index contributed by atoms with van der Waals surface area (Å²) in [6.07, 6.45) is 1.29. The molecule has 0 aromatic heterocycles. The summed E-state index contributed by atoms with van der Waals surface area (Å²) in [4.78, 5) is 13.8. The summed E-state index contributed by atoms with van der Waals surface area (Å²) >= 11 is 12.1. The molecule has 152 valence electrons. The van der Waals surface area contributed by atoms with Crippen LogP contribution in [0.5, 0.6) is 0 Å². The minimum atomic E-state index is -3.60. The molecule has 1 atom stereocenters. The number of nitrogens with one attached hydrogen (secondary N) is 1. The number of sulfonamides is 1.